The number of hydrogen-bond donors (Lipinski definition) is 2. The zero-order valence-electron chi connectivity index (χ0n) is 15.1. The van der Waals surface area contributed by atoms with Gasteiger partial charge in [0.15, 0.2) is 0 Å². The van der Waals surface area contributed by atoms with Crippen LogP contribution in [0, 0.1) is 29.1 Å². The molecule has 0 aliphatic rings. The van der Waals surface area contributed by atoms with Gasteiger partial charge in [0.25, 0.3) is 0 Å². The van der Waals surface area contributed by atoms with Gasteiger partial charge in [-0.3, -0.25) is 9.59 Å². The Morgan fingerprint density at radius 1 is 0.864 bits per heavy atom. The first-order valence-electron chi connectivity index (χ1n) is 8.60. The average Bonchev–Trinajstić information content (AvgIpc) is 2.38. The second kappa shape index (κ2) is 9.16. The summed E-state index contributed by atoms with van der Waals surface area (Å²) in [6.45, 7) is 12.1. The molecule has 0 fully saturated rings. The Morgan fingerprint density at radius 3 is 1.41 bits per heavy atom. The minimum absolute atomic E-state index is 0.120. The predicted octanol–water partition coefficient (Wildman–Crippen LogP) is 4.68. The van der Waals surface area contributed by atoms with Crippen LogP contribution in [0.15, 0.2) is 0 Å². The lowest BCUT2D eigenvalue weighted by atomic mass is 9.56. The quantitative estimate of drug-likeness (QED) is 0.581. The van der Waals surface area contributed by atoms with Gasteiger partial charge in [0, 0.05) is 0 Å². The van der Waals surface area contributed by atoms with Crippen molar-refractivity contribution in [2.75, 3.05) is 0 Å². The van der Waals surface area contributed by atoms with Gasteiger partial charge in [-0.1, -0.05) is 54.4 Å². The van der Waals surface area contributed by atoms with Crippen molar-refractivity contribution in [2.45, 2.75) is 73.6 Å². The Labute approximate surface area is 135 Å². The Balaban J connectivity index is 6.17. The van der Waals surface area contributed by atoms with Gasteiger partial charge < -0.3 is 10.2 Å². The van der Waals surface area contributed by atoms with E-state index in [0.29, 0.717) is 0 Å². The summed E-state index contributed by atoms with van der Waals surface area (Å²) >= 11 is 0. The molecule has 4 heteroatoms. The third-order valence-corrected chi connectivity index (χ3v) is 4.97. The van der Waals surface area contributed by atoms with E-state index in [1.807, 2.05) is 41.5 Å². The van der Waals surface area contributed by atoms with Crippen LogP contribution in [-0.2, 0) is 9.59 Å². The monoisotopic (exact) mass is 314 g/mol. The molecule has 22 heavy (non-hydrogen) atoms. The van der Waals surface area contributed by atoms with Crippen molar-refractivity contribution in [1.82, 2.24) is 0 Å². The molecular weight excluding hydrogens is 280 g/mol. The van der Waals surface area contributed by atoms with Crippen LogP contribution in [0.4, 0.5) is 0 Å². The second-order valence-corrected chi connectivity index (χ2v) is 7.19. The van der Waals surface area contributed by atoms with E-state index in [1.165, 1.54) is 0 Å². The molecule has 0 rings (SSSR count). The third kappa shape index (κ3) is 4.72. The van der Waals surface area contributed by atoms with Crippen LogP contribution in [0.1, 0.15) is 73.6 Å². The largest absolute Gasteiger partial charge is 0.481 e. The van der Waals surface area contributed by atoms with Crippen LogP contribution < -0.4 is 0 Å². The van der Waals surface area contributed by atoms with Gasteiger partial charge in [0.1, 0.15) is 0 Å². The van der Waals surface area contributed by atoms with Crippen molar-refractivity contribution in [2.24, 2.45) is 29.1 Å². The summed E-state index contributed by atoms with van der Waals surface area (Å²) in [4.78, 5) is 23.9. The van der Waals surface area contributed by atoms with E-state index in [9.17, 15) is 19.8 Å². The van der Waals surface area contributed by atoms with Crippen LogP contribution in [0.3, 0.4) is 0 Å². The Morgan fingerprint density at radius 2 is 1.23 bits per heavy atom. The highest BCUT2D eigenvalue weighted by Crippen LogP contribution is 2.50. The first kappa shape index (κ1) is 20.9. The molecule has 0 aromatic rings. The number of hydrogen-bond acceptors (Lipinski definition) is 2. The van der Waals surface area contributed by atoms with Crippen molar-refractivity contribution in [1.29, 1.82) is 0 Å². The van der Waals surface area contributed by atoms with E-state index in [0.717, 1.165) is 25.7 Å². The van der Waals surface area contributed by atoms with Crippen molar-refractivity contribution < 1.29 is 19.8 Å². The second-order valence-electron chi connectivity index (χ2n) is 7.19. The molecule has 0 amide bonds. The molecule has 0 aliphatic carbocycles. The normalized spacial score (nSPS) is 17.3. The molecule has 0 aromatic heterocycles. The van der Waals surface area contributed by atoms with Gasteiger partial charge in [-0.05, 0) is 36.5 Å². The molecule has 0 heterocycles. The van der Waals surface area contributed by atoms with Crippen LogP contribution in [0.2, 0.25) is 0 Å². The lowest BCUT2D eigenvalue weighted by Gasteiger charge is -2.46. The van der Waals surface area contributed by atoms with Crippen molar-refractivity contribution >= 4 is 11.9 Å². The van der Waals surface area contributed by atoms with E-state index < -0.39 is 17.4 Å². The predicted molar refractivity (Wildman–Crippen MR) is 88.8 cm³/mol. The molecule has 4 nitrogen and oxygen atoms in total. The molecule has 2 atom stereocenters. The molecule has 2 unspecified atom stereocenters. The van der Waals surface area contributed by atoms with E-state index in [2.05, 4.69) is 0 Å². The van der Waals surface area contributed by atoms with E-state index in [1.54, 1.807) is 0 Å². The molecule has 0 spiro atoms. The zero-order valence-corrected chi connectivity index (χ0v) is 15.1. The lowest BCUT2D eigenvalue weighted by molar-refractivity contribution is -0.169. The highest BCUT2D eigenvalue weighted by atomic mass is 16.4. The number of carbonyl (C=O) groups is 2. The maximum atomic E-state index is 12.3. The highest BCUT2D eigenvalue weighted by Gasteiger charge is 2.53. The van der Waals surface area contributed by atoms with Crippen LogP contribution in [0.5, 0.6) is 0 Å². The van der Waals surface area contributed by atoms with Gasteiger partial charge >= 0.3 is 11.9 Å². The van der Waals surface area contributed by atoms with Crippen molar-refractivity contribution in [3.63, 3.8) is 0 Å². The standard InChI is InChI=1S/C18H34O4/c1-7-9-14(12(3)4)18(17(21)22,11-16(19)20)15(10-8-2)13(5)6/h12-15H,7-11H2,1-6H3,(H,19,20)(H,21,22). The molecule has 0 saturated heterocycles. The van der Waals surface area contributed by atoms with Gasteiger partial charge in [-0.25, -0.2) is 0 Å². The van der Waals surface area contributed by atoms with Crippen LogP contribution in [0.25, 0.3) is 0 Å². The number of rotatable bonds is 11. The SMILES string of the molecule is CCCC(C(C)C)C(CC(=O)O)(C(=O)O)C(CCC)C(C)C. The molecular formula is C18H34O4. The number of carboxylic acids is 2. The molecule has 0 radical (unpaired) electrons. The zero-order chi connectivity index (χ0) is 17.5. The molecule has 0 saturated carbocycles. The van der Waals surface area contributed by atoms with Gasteiger partial charge in [0.05, 0.1) is 11.8 Å². The fraction of sp³-hybridized carbons (Fsp3) is 0.889. The maximum absolute atomic E-state index is 12.3. The Bertz CT molecular complexity index is 342. The summed E-state index contributed by atoms with van der Waals surface area (Å²) in [6.07, 6.45) is 2.96. The third-order valence-electron chi connectivity index (χ3n) is 4.97. The van der Waals surface area contributed by atoms with E-state index >= 15 is 0 Å². The van der Waals surface area contributed by atoms with E-state index in [4.69, 9.17) is 0 Å². The maximum Gasteiger partial charge on any atom is 0.310 e. The molecule has 0 aromatic carbocycles. The summed E-state index contributed by atoms with van der Waals surface area (Å²) in [5.74, 6) is -1.89. The van der Waals surface area contributed by atoms with Crippen LogP contribution in [-0.4, -0.2) is 22.2 Å². The summed E-state index contributed by atoms with van der Waals surface area (Å²) in [5.41, 5.74) is -1.18. The average molecular weight is 314 g/mol. The Hall–Kier alpha value is -1.06. The van der Waals surface area contributed by atoms with Crippen molar-refractivity contribution in [3.05, 3.63) is 0 Å². The summed E-state index contributed by atoms with van der Waals surface area (Å²) < 4.78 is 0. The molecule has 0 bridgehead atoms. The fourth-order valence-corrected chi connectivity index (χ4v) is 4.17. The fourth-order valence-electron chi connectivity index (χ4n) is 4.17. The molecule has 130 valence electrons. The van der Waals surface area contributed by atoms with Gasteiger partial charge in [0.2, 0.25) is 0 Å². The van der Waals surface area contributed by atoms with Crippen molar-refractivity contribution in [3.8, 4) is 0 Å². The highest BCUT2D eigenvalue weighted by molar-refractivity contribution is 5.82. The summed E-state index contributed by atoms with van der Waals surface area (Å²) in [6, 6.07) is 0. The van der Waals surface area contributed by atoms with Crippen LogP contribution >= 0.6 is 0 Å². The minimum Gasteiger partial charge on any atom is -0.481 e. The van der Waals surface area contributed by atoms with Gasteiger partial charge in [-0.2, -0.15) is 0 Å². The van der Waals surface area contributed by atoms with E-state index in [-0.39, 0.29) is 30.1 Å². The Kier molecular flexibility index (Phi) is 8.72. The smallest absolute Gasteiger partial charge is 0.310 e. The number of aliphatic carboxylic acids is 2. The number of carboxylic acid groups (broad SMARTS) is 2. The summed E-state index contributed by atoms with van der Waals surface area (Å²) in [7, 11) is 0. The molecule has 2 N–H and O–H groups in total. The topological polar surface area (TPSA) is 74.6 Å². The lowest BCUT2D eigenvalue weighted by Crippen LogP contribution is -2.50. The first-order valence-corrected chi connectivity index (χ1v) is 8.60. The molecule has 0 aliphatic heterocycles. The minimum atomic E-state index is -1.18. The summed E-state index contributed by atoms with van der Waals surface area (Å²) in [5, 5.41) is 19.5. The van der Waals surface area contributed by atoms with Gasteiger partial charge in [-0.15, -0.1) is 0 Å². The first-order chi connectivity index (χ1) is 10.1.